The molecule has 2 atom stereocenters. The molecular formula is C14H15F6NO2. The largest absolute Gasteiger partial charge is 0.416 e. The summed E-state index contributed by atoms with van der Waals surface area (Å²) >= 11 is 0. The van der Waals surface area contributed by atoms with Gasteiger partial charge in [0.15, 0.2) is 6.10 Å². The van der Waals surface area contributed by atoms with E-state index in [1.54, 1.807) is 0 Å². The van der Waals surface area contributed by atoms with Crippen LogP contribution in [0.25, 0.3) is 0 Å². The van der Waals surface area contributed by atoms with Gasteiger partial charge in [0.1, 0.15) is 0 Å². The number of β-amino-alcohol motifs (C(OH)–C–C–N with tert-alkyl or cyclic N) is 1. The molecule has 23 heavy (non-hydrogen) atoms. The van der Waals surface area contributed by atoms with Crippen LogP contribution in [0.3, 0.4) is 0 Å². The fraction of sp³-hybridized carbons (Fsp3) is 0.571. The first-order valence-electron chi connectivity index (χ1n) is 6.83. The monoisotopic (exact) mass is 343 g/mol. The van der Waals surface area contributed by atoms with Crippen LogP contribution >= 0.6 is 0 Å². The molecule has 1 saturated heterocycles. The highest BCUT2D eigenvalue weighted by atomic mass is 19.4. The number of halogens is 6. The smallest absolute Gasteiger partial charge is 0.382 e. The lowest BCUT2D eigenvalue weighted by atomic mass is 10.0. The van der Waals surface area contributed by atoms with Crippen LogP contribution in [0.1, 0.15) is 17.2 Å². The molecule has 0 spiro atoms. The van der Waals surface area contributed by atoms with Crippen LogP contribution in [0.2, 0.25) is 0 Å². The van der Waals surface area contributed by atoms with Gasteiger partial charge in [-0.25, -0.2) is 0 Å². The minimum Gasteiger partial charge on any atom is -0.382 e. The number of aliphatic hydroxyl groups excluding tert-OH is 1. The highest BCUT2D eigenvalue weighted by Crippen LogP contribution is 2.32. The van der Waals surface area contributed by atoms with Gasteiger partial charge in [0.2, 0.25) is 0 Å². The molecule has 0 saturated carbocycles. The molecule has 9 heteroatoms. The maximum Gasteiger partial charge on any atom is 0.416 e. The second kappa shape index (κ2) is 6.66. The number of hydrogen-bond donors (Lipinski definition) is 1. The zero-order chi connectivity index (χ0) is 17.3. The minimum absolute atomic E-state index is 0.0194. The van der Waals surface area contributed by atoms with Crippen LogP contribution in [-0.4, -0.2) is 48.5 Å². The van der Waals surface area contributed by atoms with Crippen LogP contribution in [0.15, 0.2) is 24.3 Å². The molecule has 3 nitrogen and oxygen atoms in total. The van der Waals surface area contributed by atoms with E-state index in [4.69, 9.17) is 9.84 Å². The SMILES string of the molecule is O[C@@H](CN1CCO[C@H](c2cccc(C(F)(F)F)c2)C1)C(F)(F)F. The van der Waals surface area contributed by atoms with Crippen molar-refractivity contribution in [3.8, 4) is 0 Å². The summed E-state index contributed by atoms with van der Waals surface area (Å²) < 4.78 is 80.6. The predicted molar refractivity (Wildman–Crippen MR) is 68.6 cm³/mol. The zero-order valence-electron chi connectivity index (χ0n) is 11.9. The van der Waals surface area contributed by atoms with Crippen molar-refractivity contribution in [1.82, 2.24) is 4.90 Å². The van der Waals surface area contributed by atoms with E-state index in [1.807, 2.05) is 0 Å². The van der Waals surface area contributed by atoms with Gasteiger partial charge in [-0.05, 0) is 17.7 Å². The van der Waals surface area contributed by atoms with Crippen molar-refractivity contribution in [2.24, 2.45) is 0 Å². The van der Waals surface area contributed by atoms with Gasteiger partial charge in [-0.15, -0.1) is 0 Å². The molecule has 0 aliphatic carbocycles. The van der Waals surface area contributed by atoms with E-state index in [0.717, 1.165) is 12.1 Å². The molecule has 1 aromatic carbocycles. The Bertz CT molecular complexity index is 531. The third-order valence-electron chi connectivity index (χ3n) is 3.55. The van der Waals surface area contributed by atoms with E-state index in [-0.39, 0.29) is 25.3 Å². The van der Waals surface area contributed by atoms with Crippen molar-refractivity contribution in [3.63, 3.8) is 0 Å². The number of hydrogen-bond acceptors (Lipinski definition) is 3. The van der Waals surface area contributed by atoms with Crippen LogP contribution in [0.5, 0.6) is 0 Å². The molecule has 0 amide bonds. The second-order valence-corrected chi connectivity index (χ2v) is 5.30. The summed E-state index contributed by atoms with van der Waals surface area (Å²) in [6, 6.07) is 4.50. The van der Waals surface area contributed by atoms with Gasteiger partial charge in [-0.1, -0.05) is 12.1 Å². The van der Waals surface area contributed by atoms with E-state index in [0.29, 0.717) is 0 Å². The molecule has 0 radical (unpaired) electrons. The first kappa shape index (κ1) is 18.0. The van der Waals surface area contributed by atoms with Gasteiger partial charge < -0.3 is 9.84 Å². The van der Waals surface area contributed by atoms with Crippen LogP contribution in [0.4, 0.5) is 26.3 Å². The van der Waals surface area contributed by atoms with E-state index in [2.05, 4.69) is 0 Å². The fourth-order valence-electron chi connectivity index (χ4n) is 2.33. The quantitative estimate of drug-likeness (QED) is 0.857. The average molecular weight is 343 g/mol. The third kappa shape index (κ3) is 4.82. The molecule has 0 bridgehead atoms. The summed E-state index contributed by atoms with van der Waals surface area (Å²) in [5.41, 5.74) is -0.600. The van der Waals surface area contributed by atoms with Crippen molar-refractivity contribution < 1.29 is 36.2 Å². The number of morpholine rings is 1. The normalized spacial score (nSPS) is 22.1. The van der Waals surface area contributed by atoms with E-state index in [9.17, 15) is 26.3 Å². The number of rotatable bonds is 3. The van der Waals surface area contributed by atoms with Gasteiger partial charge in [0, 0.05) is 19.6 Å². The van der Waals surface area contributed by atoms with Gasteiger partial charge in [-0.3, -0.25) is 4.90 Å². The minimum atomic E-state index is -4.73. The lowest BCUT2D eigenvalue weighted by molar-refractivity contribution is -0.211. The number of alkyl halides is 6. The highest BCUT2D eigenvalue weighted by molar-refractivity contribution is 5.27. The Labute approximate surface area is 128 Å². The van der Waals surface area contributed by atoms with Gasteiger partial charge in [0.05, 0.1) is 18.3 Å². The Morgan fingerprint density at radius 1 is 1.22 bits per heavy atom. The summed E-state index contributed by atoms with van der Waals surface area (Å²) in [6.07, 6.45) is -12.5. The zero-order valence-corrected chi connectivity index (χ0v) is 11.9. The second-order valence-electron chi connectivity index (χ2n) is 5.30. The van der Waals surface area contributed by atoms with Crippen molar-refractivity contribution in [2.45, 2.75) is 24.6 Å². The Kier molecular flexibility index (Phi) is 5.22. The third-order valence-corrected chi connectivity index (χ3v) is 3.55. The summed E-state index contributed by atoms with van der Waals surface area (Å²) in [5.74, 6) is 0. The molecule has 2 rings (SSSR count). The van der Waals surface area contributed by atoms with E-state index >= 15 is 0 Å². The first-order chi connectivity index (χ1) is 10.6. The first-order valence-corrected chi connectivity index (χ1v) is 6.83. The van der Waals surface area contributed by atoms with Crippen LogP contribution in [-0.2, 0) is 10.9 Å². The predicted octanol–water partition coefficient (Wildman–Crippen LogP) is 3.00. The van der Waals surface area contributed by atoms with Crippen LogP contribution < -0.4 is 0 Å². The van der Waals surface area contributed by atoms with E-state index in [1.165, 1.54) is 17.0 Å². The van der Waals surface area contributed by atoms with Crippen molar-refractivity contribution in [3.05, 3.63) is 35.4 Å². The Hall–Kier alpha value is -1.32. The van der Waals surface area contributed by atoms with Crippen LogP contribution in [0, 0.1) is 0 Å². The lowest BCUT2D eigenvalue weighted by Crippen LogP contribution is -2.46. The molecular weight excluding hydrogens is 328 g/mol. The molecule has 0 unspecified atom stereocenters. The van der Waals surface area contributed by atoms with Crippen molar-refractivity contribution in [1.29, 1.82) is 0 Å². The number of aliphatic hydroxyl groups is 1. The Morgan fingerprint density at radius 3 is 2.52 bits per heavy atom. The lowest BCUT2D eigenvalue weighted by Gasteiger charge is -2.34. The molecule has 1 fully saturated rings. The molecule has 0 aromatic heterocycles. The van der Waals surface area contributed by atoms with E-state index < -0.39 is 36.7 Å². The molecule has 1 aliphatic heterocycles. The maximum absolute atomic E-state index is 12.7. The fourth-order valence-corrected chi connectivity index (χ4v) is 2.33. The summed E-state index contributed by atoms with van der Waals surface area (Å²) in [6.45, 7) is -0.412. The Morgan fingerprint density at radius 2 is 1.91 bits per heavy atom. The maximum atomic E-state index is 12.7. The molecule has 1 N–H and O–H groups in total. The van der Waals surface area contributed by atoms with Gasteiger partial charge in [0.25, 0.3) is 0 Å². The van der Waals surface area contributed by atoms with Gasteiger partial charge >= 0.3 is 12.4 Å². The summed E-state index contributed by atoms with van der Waals surface area (Å²) in [7, 11) is 0. The average Bonchev–Trinajstić information content (AvgIpc) is 2.46. The number of nitrogens with zero attached hydrogens (tertiary/aromatic N) is 1. The molecule has 130 valence electrons. The van der Waals surface area contributed by atoms with Crippen molar-refractivity contribution >= 4 is 0 Å². The number of benzene rings is 1. The molecule has 1 aromatic rings. The van der Waals surface area contributed by atoms with Crippen molar-refractivity contribution in [2.75, 3.05) is 26.2 Å². The standard InChI is InChI=1S/C14H15F6NO2/c15-13(16,17)10-3-1-2-9(6-10)11-7-21(4-5-23-11)8-12(22)14(18,19)20/h1-3,6,11-12,22H,4-5,7-8H2/t11-,12-/m0/s1. The number of ether oxygens (including phenoxy) is 1. The molecule has 1 heterocycles. The highest BCUT2D eigenvalue weighted by Gasteiger charge is 2.40. The summed E-state index contributed by atoms with van der Waals surface area (Å²) in [4.78, 5) is 1.33. The van der Waals surface area contributed by atoms with Gasteiger partial charge in [-0.2, -0.15) is 26.3 Å². The Balaban J connectivity index is 2.07. The summed E-state index contributed by atoms with van der Waals surface area (Å²) in [5, 5.41) is 9.09. The topological polar surface area (TPSA) is 32.7 Å². The molecule has 1 aliphatic rings.